The summed E-state index contributed by atoms with van der Waals surface area (Å²) in [6, 6.07) is 14.8. The number of carbonyl (C=O) groups is 2. The van der Waals surface area contributed by atoms with Crippen LogP contribution < -0.4 is 0 Å². The summed E-state index contributed by atoms with van der Waals surface area (Å²) < 4.78 is 0. The van der Waals surface area contributed by atoms with Gasteiger partial charge in [-0.2, -0.15) is 0 Å². The highest BCUT2D eigenvalue weighted by molar-refractivity contribution is 6.21. The zero-order chi connectivity index (χ0) is 14.4. The topological polar surface area (TPSA) is 53.2 Å². The Morgan fingerprint density at radius 3 is 2.19 bits per heavy atom. The summed E-state index contributed by atoms with van der Waals surface area (Å²) in [6.07, 6.45) is 1.86. The first-order valence-electron chi connectivity index (χ1n) is 6.76. The molecule has 0 atom stereocenters. The Morgan fingerprint density at radius 1 is 0.857 bits per heavy atom. The maximum Gasteiger partial charge on any atom is 0.261 e. The number of nitrogens with one attached hydrogen (secondary N) is 1. The number of hydrogen-bond acceptors (Lipinski definition) is 2. The largest absolute Gasteiger partial charge is 0.361 e. The Hall–Kier alpha value is -2.88. The second-order valence-corrected chi connectivity index (χ2v) is 5.10. The van der Waals surface area contributed by atoms with Crippen LogP contribution in [0, 0.1) is 0 Å². The molecule has 2 aromatic carbocycles. The van der Waals surface area contributed by atoms with E-state index in [4.69, 9.17) is 0 Å². The van der Waals surface area contributed by atoms with Crippen LogP contribution in [0.1, 0.15) is 26.3 Å². The van der Waals surface area contributed by atoms with Crippen molar-refractivity contribution in [3.63, 3.8) is 0 Å². The van der Waals surface area contributed by atoms with Crippen molar-refractivity contribution < 1.29 is 9.59 Å². The van der Waals surface area contributed by atoms with Gasteiger partial charge in [-0.1, -0.05) is 30.3 Å². The molecule has 3 aromatic rings. The molecule has 0 saturated heterocycles. The van der Waals surface area contributed by atoms with Gasteiger partial charge < -0.3 is 4.98 Å². The Balaban J connectivity index is 1.73. The number of imide groups is 1. The number of para-hydroxylation sites is 1. The summed E-state index contributed by atoms with van der Waals surface area (Å²) in [7, 11) is 0. The number of aromatic nitrogens is 1. The predicted octanol–water partition coefficient (Wildman–Crippen LogP) is 2.96. The molecular weight excluding hydrogens is 264 g/mol. The first-order chi connectivity index (χ1) is 10.3. The molecule has 0 unspecified atom stereocenters. The Kier molecular flexibility index (Phi) is 2.44. The quantitative estimate of drug-likeness (QED) is 0.732. The van der Waals surface area contributed by atoms with E-state index in [1.54, 1.807) is 24.3 Å². The second kappa shape index (κ2) is 4.31. The third kappa shape index (κ3) is 1.69. The molecule has 2 amide bonds. The first kappa shape index (κ1) is 11.9. The molecule has 4 heteroatoms. The van der Waals surface area contributed by atoms with Gasteiger partial charge in [0.1, 0.15) is 0 Å². The number of amides is 2. The van der Waals surface area contributed by atoms with Gasteiger partial charge in [-0.05, 0) is 23.8 Å². The average molecular weight is 276 g/mol. The van der Waals surface area contributed by atoms with Gasteiger partial charge in [0.15, 0.2) is 0 Å². The summed E-state index contributed by atoms with van der Waals surface area (Å²) in [5.74, 6) is -0.443. The van der Waals surface area contributed by atoms with Gasteiger partial charge in [0.25, 0.3) is 11.8 Å². The molecule has 0 spiro atoms. The van der Waals surface area contributed by atoms with Crippen LogP contribution in [0.5, 0.6) is 0 Å². The van der Waals surface area contributed by atoms with Gasteiger partial charge in [-0.25, -0.2) is 0 Å². The highest BCUT2D eigenvalue weighted by atomic mass is 16.2. The number of hydrogen-bond donors (Lipinski definition) is 1. The lowest BCUT2D eigenvalue weighted by Gasteiger charge is -2.13. The minimum absolute atomic E-state index is 0.221. The SMILES string of the molecule is O=C1c2ccccc2C(=O)N1Cc1c[nH]c2ccccc12. The molecular formula is C17H12N2O2. The summed E-state index contributed by atoms with van der Waals surface area (Å²) in [5.41, 5.74) is 2.92. The van der Waals surface area contributed by atoms with E-state index in [1.165, 1.54) is 4.90 Å². The molecule has 2 heterocycles. The average Bonchev–Trinajstić information content (AvgIpc) is 3.04. The van der Waals surface area contributed by atoms with Crippen LogP contribution in [-0.2, 0) is 6.54 Å². The van der Waals surface area contributed by atoms with E-state index in [1.807, 2.05) is 30.5 Å². The minimum Gasteiger partial charge on any atom is -0.361 e. The zero-order valence-electron chi connectivity index (χ0n) is 11.2. The minimum atomic E-state index is -0.221. The van der Waals surface area contributed by atoms with E-state index >= 15 is 0 Å². The van der Waals surface area contributed by atoms with E-state index in [2.05, 4.69) is 4.98 Å². The van der Waals surface area contributed by atoms with Crippen LogP contribution in [0.4, 0.5) is 0 Å². The Morgan fingerprint density at radius 2 is 1.48 bits per heavy atom. The van der Waals surface area contributed by atoms with E-state index in [0.717, 1.165) is 16.5 Å². The van der Waals surface area contributed by atoms with Crippen molar-refractivity contribution in [2.45, 2.75) is 6.54 Å². The van der Waals surface area contributed by atoms with E-state index in [0.29, 0.717) is 11.1 Å². The number of H-pyrrole nitrogens is 1. The number of rotatable bonds is 2. The molecule has 1 aliphatic rings. The summed E-state index contributed by atoms with van der Waals surface area (Å²) >= 11 is 0. The van der Waals surface area contributed by atoms with Gasteiger partial charge in [0.05, 0.1) is 17.7 Å². The molecule has 1 aliphatic heterocycles. The number of carbonyl (C=O) groups excluding carboxylic acids is 2. The van der Waals surface area contributed by atoms with Crippen LogP contribution in [0.15, 0.2) is 54.7 Å². The highest BCUT2D eigenvalue weighted by Gasteiger charge is 2.35. The molecule has 4 rings (SSSR count). The highest BCUT2D eigenvalue weighted by Crippen LogP contribution is 2.26. The second-order valence-electron chi connectivity index (χ2n) is 5.10. The number of aromatic amines is 1. The summed E-state index contributed by atoms with van der Waals surface area (Å²) in [4.78, 5) is 29.2. The van der Waals surface area contributed by atoms with Crippen LogP contribution >= 0.6 is 0 Å². The van der Waals surface area contributed by atoms with E-state index < -0.39 is 0 Å². The van der Waals surface area contributed by atoms with Gasteiger partial charge in [0.2, 0.25) is 0 Å². The van der Waals surface area contributed by atoms with Gasteiger partial charge >= 0.3 is 0 Å². The van der Waals surface area contributed by atoms with Crippen LogP contribution in [-0.4, -0.2) is 21.7 Å². The fraction of sp³-hybridized carbons (Fsp3) is 0.0588. The molecule has 21 heavy (non-hydrogen) atoms. The molecule has 0 aliphatic carbocycles. The van der Waals surface area contributed by atoms with E-state index in [-0.39, 0.29) is 18.4 Å². The van der Waals surface area contributed by atoms with E-state index in [9.17, 15) is 9.59 Å². The monoisotopic (exact) mass is 276 g/mol. The van der Waals surface area contributed by atoms with Crippen LogP contribution in [0.3, 0.4) is 0 Å². The molecule has 102 valence electrons. The summed E-state index contributed by atoms with van der Waals surface area (Å²) in [5, 5.41) is 1.04. The number of fused-ring (bicyclic) bond motifs is 2. The normalized spacial score (nSPS) is 14.0. The van der Waals surface area contributed by atoms with Crippen LogP contribution in [0.2, 0.25) is 0 Å². The van der Waals surface area contributed by atoms with Crippen molar-refractivity contribution in [1.29, 1.82) is 0 Å². The Labute approximate surface area is 121 Å². The Bertz CT molecular complexity index is 844. The van der Waals surface area contributed by atoms with Crippen molar-refractivity contribution in [3.05, 3.63) is 71.4 Å². The third-order valence-electron chi connectivity index (χ3n) is 3.88. The molecule has 0 fully saturated rings. The summed E-state index contributed by atoms with van der Waals surface area (Å²) in [6.45, 7) is 0.288. The van der Waals surface area contributed by atoms with Crippen molar-refractivity contribution >= 4 is 22.7 Å². The maximum absolute atomic E-state index is 12.4. The van der Waals surface area contributed by atoms with Crippen LogP contribution in [0.25, 0.3) is 10.9 Å². The van der Waals surface area contributed by atoms with Gasteiger partial charge in [-0.15, -0.1) is 0 Å². The molecule has 0 saturated carbocycles. The van der Waals surface area contributed by atoms with Gasteiger partial charge in [0, 0.05) is 17.1 Å². The lowest BCUT2D eigenvalue weighted by Crippen LogP contribution is -2.28. The lowest BCUT2D eigenvalue weighted by atomic mass is 10.1. The smallest absolute Gasteiger partial charge is 0.261 e. The fourth-order valence-electron chi connectivity index (χ4n) is 2.82. The number of nitrogens with zero attached hydrogens (tertiary/aromatic N) is 1. The third-order valence-corrected chi connectivity index (χ3v) is 3.88. The first-order valence-corrected chi connectivity index (χ1v) is 6.76. The molecule has 1 aromatic heterocycles. The molecule has 4 nitrogen and oxygen atoms in total. The standard InChI is InChI=1S/C17H12N2O2/c20-16-13-6-1-2-7-14(13)17(21)19(16)10-11-9-18-15-8-4-3-5-12(11)15/h1-9,18H,10H2. The maximum atomic E-state index is 12.4. The number of benzene rings is 2. The van der Waals surface area contributed by atoms with Crippen molar-refractivity contribution in [3.8, 4) is 0 Å². The zero-order valence-corrected chi connectivity index (χ0v) is 11.2. The van der Waals surface area contributed by atoms with Crippen molar-refractivity contribution in [1.82, 2.24) is 9.88 Å². The lowest BCUT2D eigenvalue weighted by molar-refractivity contribution is 0.0643. The van der Waals surface area contributed by atoms with Crippen molar-refractivity contribution in [2.24, 2.45) is 0 Å². The molecule has 0 radical (unpaired) electrons. The fourth-order valence-corrected chi connectivity index (χ4v) is 2.82. The molecule has 1 N–H and O–H groups in total. The van der Waals surface area contributed by atoms with Crippen molar-refractivity contribution in [2.75, 3.05) is 0 Å². The van der Waals surface area contributed by atoms with Gasteiger partial charge in [-0.3, -0.25) is 14.5 Å². The molecule has 0 bridgehead atoms. The predicted molar refractivity (Wildman–Crippen MR) is 78.9 cm³/mol.